The molecule has 0 spiro atoms. The number of carbonyl (C=O) groups excluding carboxylic acids is 1. The summed E-state index contributed by atoms with van der Waals surface area (Å²) in [7, 11) is -1.97. The standard InChI is InChI=1S/C22H25N5O4S/c1-15(21-24-19-6-4-3-5-18(19)22(29)25(21)2)26-11-13-27(14-12-26)32(30,31)17-9-7-16(8-10-17)20(23)28/h3-10,15H,11-14H2,1-2H3,(H2,23,28). The quantitative estimate of drug-likeness (QED) is 0.615. The lowest BCUT2D eigenvalue weighted by molar-refractivity contribution is 0.1000. The van der Waals surface area contributed by atoms with Crippen LogP contribution in [0.1, 0.15) is 29.1 Å². The average Bonchev–Trinajstić information content (AvgIpc) is 2.81. The molecule has 0 saturated carbocycles. The zero-order valence-corrected chi connectivity index (χ0v) is 18.7. The van der Waals surface area contributed by atoms with Gasteiger partial charge in [-0.3, -0.25) is 19.1 Å². The molecule has 0 aliphatic carbocycles. The molecule has 1 aliphatic rings. The molecule has 0 radical (unpaired) electrons. The number of hydrogen-bond acceptors (Lipinski definition) is 6. The summed E-state index contributed by atoms with van der Waals surface area (Å²) in [6.45, 7) is 3.60. The molecular weight excluding hydrogens is 430 g/mol. The van der Waals surface area contributed by atoms with Crippen molar-refractivity contribution >= 4 is 26.8 Å². The summed E-state index contributed by atoms with van der Waals surface area (Å²) in [5.74, 6) is 0.0419. The van der Waals surface area contributed by atoms with Gasteiger partial charge >= 0.3 is 0 Å². The zero-order chi connectivity index (χ0) is 23.0. The molecule has 1 amide bonds. The fourth-order valence-corrected chi connectivity index (χ4v) is 5.47. The van der Waals surface area contributed by atoms with Gasteiger partial charge < -0.3 is 5.73 Å². The lowest BCUT2D eigenvalue weighted by Crippen LogP contribution is -2.49. The third-order valence-electron chi connectivity index (χ3n) is 5.99. The minimum atomic E-state index is -3.68. The van der Waals surface area contributed by atoms with Gasteiger partial charge in [-0.25, -0.2) is 13.4 Å². The minimum absolute atomic E-state index is 0.0990. The van der Waals surface area contributed by atoms with E-state index in [1.807, 2.05) is 25.1 Å². The molecule has 2 heterocycles. The van der Waals surface area contributed by atoms with Crippen LogP contribution < -0.4 is 11.3 Å². The van der Waals surface area contributed by atoms with Crippen LogP contribution in [-0.2, 0) is 17.1 Å². The average molecular weight is 456 g/mol. The number of hydrogen-bond donors (Lipinski definition) is 1. The van der Waals surface area contributed by atoms with Crippen molar-refractivity contribution in [3.05, 3.63) is 70.3 Å². The highest BCUT2D eigenvalue weighted by Gasteiger charge is 2.31. The van der Waals surface area contributed by atoms with Gasteiger partial charge in [-0.15, -0.1) is 0 Å². The molecule has 1 atom stereocenters. The predicted molar refractivity (Wildman–Crippen MR) is 121 cm³/mol. The van der Waals surface area contributed by atoms with E-state index in [0.29, 0.717) is 42.9 Å². The van der Waals surface area contributed by atoms with Crippen molar-refractivity contribution in [2.45, 2.75) is 17.9 Å². The molecule has 1 saturated heterocycles. The van der Waals surface area contributed by atoms with Gasteiger partial charge in [0.05, 0.1) is 21.8 Å². The normalized spacial score (nSPS) is 16.8. The smallest absolute Gasteiger partial charge is 0.261 e. The third-order valence-corrected chi connectivity index (χ3v) is 7.90. The van der Waals surface area contributed by atoms with Crippen molar-refractivity contribution in [3.8, 4) is 0 Å². The molecule has 10 heteroatoms. The lowest BCUT2D eigenvalue weighted by atomic mass is 10.2. The van der Waals surface area contributed by atoms with Crippen LogP contribution in [0.25, 0.3) is 10.9 Å². The Morgan fingerprint density at radius 1 is 1.03 bits per heavy atom. The molecule has 2 N–H and O–H groups in total. The van der Waals surface area contributed by atoms with E-state index in [2.05, 4.69) is 4.90 Å². The molecule has 1 fully saturated rings. The Labute approximate surface area is 186 Å². The van der Waals surface area contributed by atoms with Crippen LogP contribution >= 0.6 is 0 Å². The van der Waals surface area contributed by atoms with Crippen molar-refractivity contribution < 1.29 is 13.2 Å². The summed E-state index contributed by atoms with van der Waals surface area (Å²) in [4.78, 5) is 30.9. The van der Waals surface area contributed by atoms with Crippen LogP contribution in [0.2, 0.25) is 0 Å². The highest BCUT2D eigenvalue weighted by molar-refractivity contribution is 7.89. The molecule has 2 aromatic carbocycles. The van der Waals surface area contributed by atoms with E-state index in [-0.39, 0.29) is 22.1 Å². The zero-order valence-electron chi connectivity index (χ0n) is 17.9. The number of nitrogens with two attached hydrogens (primary N) is 1. The van der Waals surface area contributed by atoms with E-state index < -0.39 is 15.9 Å². The highest BCUT2D eigenvalue weighted by atomic mass is 32.2. The third kappa shape index (κ3) is 3.92. The van der Waals surface area contributed by atoms with E-state index in [1.54, 1.807) is 17.7 Å². The van der Waals surface area contributed by atoms with Crippen molar-refractivity contribution in [2.24, 2.45) is 12.8 Å². The molecule has 1 aromatic heterocycles. The van der Waals surface area contributed by atoms with Crippen LogP contribution in [0.5, 0.6) is 0 Å². The van der Waals surface area contributed by atoms with E-state index >= 15 is 0 Å². The number of amides is 1. The van der Waals surface area contributed by atoms with Gasteiger partial charge in [0.1, 0.15) is 5.82 Å². The van der Waals surface area contributed by atoms with Crippen molar-refractivity contribution in [1.82, 2.24) is 18.8 Å². The number of carbonyl (C=O) groups is 1. The molecule has 3 aromatic rings. The number of benzene rings is 2. The van der Waals surface area contributed by atoms with E-state index in [4.69, 9.17) is 10.7 Å². The minimum Gasteiger partial charge on any atom is -0.366 e. The molecular formula is C22H25N5O4S. The first-order valence-electron chi connectivity index (χ1n) is 10.3. The number of para-hydroxylation sites is 1. The Hall–Kier alpha value is -3.08. The largest absolute Gasteiger partial charge is 0.366 e. The topological polar surface area (TPSA) is 119 Å². The Bertz CT molecular complexity index is 1330. The second-order valence-corrected chi connectivity index (χ2v) is 9.79. The first-order chi connectivity index (χ1) is 15.2. The second-order valence-electron chi connectivity index (χ2n) is 7.86. The summed E-state index contributed by atoms with van der Waals surface area (Å²) >= 11 is 0. The first-order valence-corrected chi connectivity index (χ1v) is 11.7. The predicted octanol–water partition coefficient (Wildman–Crippen LogP) is 1.10. The Morgan fingerprint density at radius 2 is 1.66 bits per heavy atom. The number of aromatic nitrogens is 2. The molecule has 1 unspecified atom stereocenters. The summed E-state index contributed by atoms with van der Waals surface area (Å²) in [5.41, 5.74) is 6.04. The monoisotopic (exact) mass is 455 g/mol. The second kappa shape index (κ2) is 8.45. The van der Waals surface area contributed by atoms with Crippen LogP contribution in [0.4, 0.5) is 0 Å². The maximum absolute atomic E-state index is 13.0. The Kier molecular flexibility index (Phi) is 5.85. The number of primary amides is 1. The van der Waals surface area contributed by atoms with Crippen molar-refractivity contribution in [1.29, 1.82) is 0 Å². The summed E-state index contributed by atoms with van der Waals surface area (Å²) in [6, 6.07) is 12.7. The summed E-state index contributed by atoms with van der Waals surface area (Å²) in [6.07, 6.45) is 0. The van der Waals surface area contributed by atoms with Gasteiger partial charge in [-0.05, 0) is 43.3 Å². The highest BCUT2D eigenvalue weighted by Crippen LogP contribution is 2.24. The van der Waals surface area contributed by atoms with Crippen molar-refractivity contribution in [3.63, 3.8) is 0 Å². The van der Waals surface area contributed by atoms with E-state index in [9.17, 15) is 18.0 Å². The maximum atomic E-state index is 13.0. The summed E-state index contributed by atoms with van der Waals surface area (Å²) in [5, 5.41) is 0.573. The molecule has 32 heavy (non-hydrogen) atoms. The molecule has 4 rings (SSSR count). The molecule has 168 valence electrons. The van der Waals surface area contributed by atoms with Gasteiger partial charge in [0.2, 0.25) is 15.9 Å². The Morgan fingerprint density at radius 3 is 2.28 bits per heavy atom. The number of piperazine rings is 1. The number of nitrogens with zero attached hydrogens (tertiary/aromatic N) is 4. The fourth-order valence-electron chi connectivity index (χ4n) is 4.04. The van der Waals surface area contributed by atoms with E-state index in [1.165, 1.54) is 28.6 Å². The van der Waals surface area contributed by atoms with Gasteiger partial charge in [0, 0.05) is 38.8 Å². The van der Waals surface area contributed by atoms with Gasteiger partial charge in [0.15, 0.2) is 0 Å². The first kappa shape index (κ1) is 22.1. The van der Waals surface area contributed by atoms with Crippen LogP contribution in [0.15, 0.2) is 58.2 Å². The van der Waals surface area contributed by atoms with Gasteiger partial charge in [-0.2, -0.15) is 4.31 Å². The number of rotatable bonds is 5. The number of sulfonamides is 1. The van der Waals surface area contributed by atoms with Crippen LogP contribution in [0, 0.1) is 0 Å². The number of fused-ring (bicyclic) bond motifs is 1. The van der Waals surface area contributed by atoms with Gasteiger partial charge in [0.25, 0.3) is 5.56 Å². The van der Waals surface area contributed by atoms with Crippen LogP contribution in [0.3, 0.4) is 0 Å². The van der Waals surface area contributed by atoms with Gasteiger partial charge in [-0.1, -0.05) is 12.1 Å². The van der Waals surface area contributed by atoms with E-state index in [0.717, 1.165) is 0 Å². The molecule has 1 aliphatic heterocycles. The molecule has 0 bridgehead atoms. The summed E-state index contributed by atoms with van der Waals surface area (Å²) < 4.78 is 29.0. The SMILES string of the molecule is CC(c1nc2ccccc2c(=O)n1C)N1CCN(S(=O)(=O)c2ccc(C(N)=O)cc2)CC1. The fraction of sp³-hybridized carbons (Fsp3) is 0.318. The van der Waals surface area contributed by atoms with Crippen LogP contribution in [-0.4, -0.2) is 59.3 Å². The maximum Gasteiger partial charge on any atom is 0.261 e. The lowest BCUT2D eigenvalue weighted by Gasteiger charge is -2.37. The van der Waals surface area contributed by atoms with Crippen molar-refractivity contribution in [2.75, 3.05) is 26.2 Å². The molecule has 9 nitrogen and oxygen atoms in total. The Balaban J connectivity index is 1.51.